The first kappa shape index (κ1) is 71.1. The molecule has 91 heavy (non-hydrogen) atoms. The fourth-order valence-electron chi connectivity index (χ4n) is 9.79. The molecule has 0 fully saturated rings. The zero-order valence-corrected chi connectivity index (χ0v) is 53.5. The number of azo groups is 1. The van der Waals surface area contributed by atoms with Gasteiger partial charge in [0.25, 0.3) is 0 Å². The Labute approximate surface area is 530 Å². The normalized spacial score (nSPS) is 11.9. The average Bonchev–Trinajstić information content (AvgIpc) is 0.781. The Morgan fingerprint density at radius 2 is 1.31 bits per heavy atom. The second kappa shape index (κ2) is 35.4. The van der Waals surface area contributed by atoms with E-state index in [4.69, 9.17) is 18.9 Å². The number of hydrogen-bond donors (Lipinski definition) is 5. The molecule has 2 unspecified atom stereocenters. The number of carbonyl (C=O) groups is 6. The van der Waals surface area contributed by atoms with E-state index in [0.717, 1.165) is 46.1 Å². The lowest BCUT2D eigenvalue weighted by molar-refractivity contribution is -0.255. The standard InChI is InChI=1S/C44H60FN6O10P.C24H22N2O3/c1-32(52)46-29-31-60-30-27-42(55)48-38(15-8-7-10-16-39(53)33-19-21-34(22-20-33)49-50-35-23-25-36(26-24-35)51(2)3)44(56)47-28-13-6-4-5-9-17-40(54)43(45)37-14-11-12-18-41(37)61-62(57,58)59;1-25(2)15-9-11-19-21(13-15)29-22-14-16(26(3)4)10-12-20(22)23(19)17-7-5-6-8-18(17)24(27)28/h11-12,14,18-26,38,43H,4-10,13,15-17,27-31H2,1-3H3,(H,46,52)(H,47,56)(H,48,55)(H2,57,58,59);5-14H,1-4H3. The highest BCUT2D eigenvalue weighted by Crippen LogP contribution is 2.43. The zero-order valence-electron chi connectivity index (χ0n) is 52.6. The molecule has 7 rings (SSSR count). The van der Waals surface area contributed by atoms with Crippen LogP contribution in [0.5, 0.6) is 5.75 Å². The molecule has 0 bridgehead atoms. The highest BCUT2D eigenvalue weighted by molar-refractivity contribution is 7.46. The Hall–Kier alpha value is -8.95. The van der Waals surface area contributed by atoms with Gasteiger partial charge in [-0.25, -0.2) is 13.5 Å². The predicted octanol–water partition coefficient (Wildman–Crippen LogP) is 10.2. The lowest BCUT2D eigenvalue weighted by Gasteiger charge is -2.19. The van der Waals surface area contributed by atoms with E-state index >= 15 is 0 Å². The highest BCUT2D eigenvalue weighted by Gasteiger charge is 2.27. The number of anilines is 2. The van der Waals surface area contributed by atoms with Crippen LogP contribution in [0.1, 0.15) is 116 Å². The topological polar surface area (TPSA) is 285 Å². The molecule has 21 nitrogen and oxygen atoms in total. The smallest absolute Gasteiger partial charge is 0.524 e. The molecule has 3 amide bonds. The Morgan fingerprint density at radius 1 is 0.681 bits per heavy atom. The van der Waals surface area contributed by atoms with E-state index in [2.05, 4.69) is 30.7 Å². The summed E-state index contributed by atoms with van der Waals surface area (Å²) in [4.78, 5) is 96.3. The average molecular weight is 1270 g/mol. The Balaban J connectivity index is 0.000000373. The lowest BCUT2D eigenvalue weighted by atomic mass is 9.90. The van der Waals surface area contributed by atoms with Crippen molar-refractivity contribution < 1.29 is 66.3 Å². The van der Waals surface area contributed by atoms with Crippen molar-refractivity contribution in [2.45, 2.75) is 96.2 Å². The summed E-state index contributed by atoms with van der Waals surface area (Å²) in [5.74, 6) is -2.48. The third-order valence-corrected chi connectivity index (χ3v) is 15.1. The summed E-state index contributed by atoms with van der Waals surface area (Å²) in [5, 5.41) is 30.5. The molecular weight excluding hydrogens is 1190 g/mol. The molecule has 0 aromatic heterocycles. The third-order valence-electron chi connectivity index (χ3n) is 14.7. The van der Waals surface area contributed by atoms with E-state index in [1.165, 1.54) is 31.2 Å². The third kappa shape index (κ3) is 22.8. The summed E-state index contributed by atoms with van der Waals surface area (Å²) in [6.07, 6.45) is 3.56. The molecule has 0 saturated carbocycles. The van der Waals surface area contributed by atoms with Crippen LogP contribution in [-0.4, -0.2) is 120 Å². The Morgan fingerprint density at radius 3 is 1.98 bits per heavy atom. The second-order valence-electron chi connectivity index (χ2n) is 22.4. The Kier molecular flexibility index (Phi) is 27.7. The van der Waals surface area contributed by atoms with Gasteiger partial charge in [0.1, 0.15) is 37.2 Å². The number of phosphoric acid groups is 1. The van der Waals surface area contributed by atoms with Crippen molar-refractivity contribution in [1.29, 1.82) is 0 Å². The Bertz CT molecular complexity index is 3720. The molecule has 0 spiro atoms. The minimum Gasteiger partial charge on any atom is -0.545 e. The van der Waals surface area contributed by atoms with Gasteiger partial charge in [-0.2, -0.15) is 10.2 Å². The summed E-state index contributed by atoms with van der Waals surface area (Å²) < 4.78 is 44.4. The molecule has 5 aromatic carbocycles. The van der Waals surface area contributed by atoms with Crippen molar-refractivity contribution in [2.24, 2.45) is 10.2 Å². The maximum atomic E-state index is 14.9. The van der Waals surface area contributed by atoms with Gasteiger partial charge in [0.2, 0.25) is 23.1 Å². The number of halogens is 1. The number of alkyl halides is 1. The van der Waals surface area contributed by atoms with Crippen LogP contribution >= 0.6 is 7.82 Å². The van der Waals surface area contributed by atoms with E-state index in [-0.39, 0.29) is 66.4 Å². The van der Waals surface area contributed by atoms with Crippen LogP contribution in [0.25, 0.3) is 33.4 Å². The zero-order chi connectivity index (χ0) is 66.0. The van der Waals surface area contributed by atoms with Crippen molar-refractivity contribution >= 4 is 76.8 Å². The molecule has 484 valence electrons. The number of benzene rings is 6. The minimum absolute atomic E-state index is 0.0102. The number of carboxylic acid groups (broad SMARTS) is 1. The van der Waals surface area contributed by atoms with Gasteiger partial charge in [-0.3, -0.25) is 33.8 Å². The van der Waals surface area contributed by atoms with Crippen LogP contribution in [0, 0.1) is 0 Å². The molecule has 2 aliphatic rings. The number of phosphoric ester groups is 1. The number of nitrogens with zero attached hydrogens (tertiary/aromatic N) is 5. The largest absolute Gasteiger partial charge is 0.545 e. The quantitative estimate of drug-likeness (QED) is 0.00639. The van der Waals surface area contributed by atoms with Crippen LogP contribution in [0.4, 0.5) is 27.1 Å². The first-order valence-electron chi connectivity index (χ1n) is 30.2. The van der Waals surface area contributed by atoms with Gasteiger partial charge >= 0.3 is 7.82 Å². The summed E-state index contributed by atoms with van der Waals surface area (Å²) in [6.45, 7) is 2.44. The van der Waals surface area contributed by atoms with Gasteiger partial charge in [0, 0.05) is 124 Å². The van der Waals surface area contributed by atoms with Gasteiger partial charge in [-0.1, -0.05) is 74.6 Å². The van der Waals surface area contributed by atoms with Crippen molar-refractivity contribution in [3.63, 3.8) is 0 Å². The van der Waals surface area contributed by atoms with Gasteiger partial charge in [0.05, 0.1) is 36.6 Å². The summed E-state index contributed by atoms with van der Waals surface area (Å²) in [7, 11) is 6.87. The number of carboxylic acids is 1. The summed E-state index contributed by atoms with van der Waals surface area (Å²) in [5.41, 5.74) is 6.89. The van der Waals surface area contributed by atoms with Crippen molar-refractivity contribution in [2.75, 3.05) is 78.4 Å². The molecule has 1 aliphatic heterocycles. The molecule has 5 aromatic rings. The number of carbonyl (C=O) groups excluding carboxylic acids is 6. The molecule has 0 saturated heterocycles. The fraction of sp³-hybridized carbons (Fsp3) is 0.368. The van der Waals surface area contributed by atoms with Gasteiger partial charge < -0.3 is 49.3 Å². The minimum atomic E-state index is -4.94. The molecule has 0 radical (unpaired) electrons. The van der Waals surface area contributed by atoms with Crippen LogP contribution in [0.2, 0.25) is 0 Å². The number of rotatable bonds is 33. The van der Waals surface area contributed by atoms with E-state index < -0.39 is 31.8 Å². The molecule has 2 atom stereocenters. The number of unbranched alkanes of at least 4 members (excludes halogenated alkanes) is 6. The number of nitrogens with one attached hydrogen (secondary N) is 3. The molecule has 1 aliphatic carbocycles. The van der Waals surface area contributed by atoms with Gasteiger partial charge in [-0.15, -0.1) is 0 Å². The summed E-state index contributed by atoms with van der Waals surface area (Å²) >= 11 is 0. The number of ether oxygens (including phenoxy) is 1. The number of ketones is 2. The highest BCUT2D eigenvalue weighted by atomic mass is 31.2. The monoisotopic (exact) mass is 1270 g/mol. The van der Waals surface area contributed by atoms with E-state index in [9.17, 15) is 42.8 Å². The van der Waals surface area contributed by atoms with Crippen molar-refractivity contribution in [3.8, 4) is 28.2 Å². The van der Waals surface area contributed by atoms with E-state index in [1.807, 2.05) is 129 Å². The first-order valence-corrected chi connectivity index (χ1v) is 31.7. The van der Waals surface area contributed by atoms with Crippen LogP contribution in [-0.2, 0) is 28.5 Å². The molecular formula is C68H82FN8O13P. The van der Waals surface area contributed by atoms with Gasteiger partial charge in [0.15, 0.2) is 17.7 Å². The maximum absolute atomic E-state index is 14.9. The summed E-state index contributed by atoms with van der Waals surface area (Å²) in [6, 6.07) is 38.0. The SMILES string of the molecule is CC(=O)NCCOCCC(=O)NC(CCCCCC(=O)c1ccc(N=Nc2ccc(N(C)C)cc2)cc1)C(=O)NCCCCCCCC(=O)C(F)c1ccccc1OP(=O)(O)O.CN(C)c1ccc2c(-c3ccccc3C(=O)[O-])c3ccc(=[N+](C)C)cc-3oc2c1. The molecule has 23 heteroatoms. The van der Waals surface area contributed by atoms with Crippen LogP contribution in [0.3, 0.4) is 0 Å². The number of aromatic carboxylic acids is 1. The maximum Gasteiger partial charge on any atom is 0.524 e. The van der Waals surface area contributed by atoms with E-state index in [0.29, 0.717) is 98.3 Å². The number of Topliss-reactive ketones (excluding diaryl/α,β-unsaturated/α-hetero) is 2. The van der Waals surface area contributed by atoms with Crippen LogP contribution < -0.4 is 45.3 Å². The first-order chi connectivity index (χ1) is 43.5. The fourth-order valence-corrected chi connectivity index (χ4v) is 10.2. The number of fused-ring (bicyclic) bond motifs is 2. The van der Waals surface area contributed by atoms with Crippen molar-refractivity contribution in [3.05, 3.63) is 156 Å². The van der Waals surface area contributed by atoms with E-state index in [1.54, 1.807) is 36.4 Å². The molecule has 1 heterocycles. The second-order valence-corrected chi connectivity index (χ2v) is 23.5. The number of para-hydroxylation sites is 1. The predicted molar refractivity (Wildman–Crippen MR) is 348 cm³/mol. The lowest BCUT2D eigenvalue weighted by Crippen LogP contribution is -2.47. The van der Waals surface area contributed by atoms with Crippen molar-refractivity contribution in [1.82, 2.24) is 20.5 Å². The van der Waals surface area contributed by atoms with Crippen LogP contribution in [0.15, 0.2) is 148 Å². The van der Waals surface area contributed by atoms with Gasteiger partial charge in [-0.05, 0) is 104 Å². The molecule has 5 N–H and O–H groups in total. The number of amides is 3. The number of hydrogen-bond acceptors (Lipinski definition) is 15.